The summed E-state index contributed by atoms with van der Waals surface area (Å²) in [7, 11) is 0. The minimum absolute atomic E-state index is 0.855. The fourth-order valence-corrected chi connectivity index (χ4v) is 3.47. The second-order valence-corrected chi connectivity index (χ2v) is 6.44. The van der Waals surface area contributed by atoms with E-state index in [-0.39, 0.29) is 0 Å². The van der Waals surface area contributed by atoms with Crippen molar-refractivity contribution in [3.63, 3.8) is 0 Å². The van der Waals surface area contributed by atoms with Crippen LogP contribution in [0.15, 0.2) is 54.1 Å². The highest BCUT2D eigenvalue weighted by Gasteiger charge is 2.39. The topological polar surface area (TPSA) is 20.2 Å². The zero-order valence-electron chi connectivity index (χ0n) is 13.7. The summed E-state index contributed by atoms with van der Waals surface area (Å²) in [4.78, 5) is 0. The van der Waals surface area contributed by atoms with Crippen molar-refractivity contribution in [2.75, 3.05) is 0 Å². The first-order valence-corrected chi connectivity index (χ1v) is 8.18. The first-order chi connectivity index (χ1) is 10.6. The van der Waals surface area contributed by atoms with E-state index in [0.717, 1.165) is 24.8 Å². The standard InChI is InChI=1S/C21H24O/c1-4-5-9-19-20(16-13-11-15(2)12-14-16)17-8-6-7-10-18(17)21(19,3)22/h6-8,10-14,22H,4-5,9H2,1-3H3. The fraction of sp³-hybridized carbons (Fsp3) is 0.333. The lowest BCUT2D eigenvalue weighted by molar-refractivity contribution is 0.0974. The Morgan fingerprint density at radius 3 is 2.36 bits per heavy atom. The van der Waals surface area contributed by atoms with Gasteiger partial charge in [-0.15, -0.1) is 0 Å². The van der Waals surface area contributed by atoms with E-state index in [4.69, 9.17) is 0 Å². The molecule has 114 valence electrons. The van der Waals surface area contributed by atoms with Crippen LogP contribution in [0.4, 0.5) is 0 Å². The molecule has 2 aromatic rings. The van der Waals surface area contributed by atoms with Crippen molar-refractivity contribution < 1.29 is 5.11 Å². The molecule has 1 atom stereocenters. The molecule has 1 aliphatic rings. The Bertz CT molecular complexity index is 705. The van der Waals surface area contributed by atoms with Crippen molar-refractivity contribution >= 4 is 5.57 Å². The van der Waals surface area contributed by atoms with Gasteiger partial charge in [0, 0.05) is 0 Å². The van der Waals surface area contributed by atoms with Gasteiger partial charge in [-0.3, -0.25) is 0 Å². The molecule has 2 aromatic carbocycles. The van der Waals surface area contributed by atoms with Crippen LogP contribution >= 0.6 is 0 Å². The monoisotopic (exact) mass is 292 g/mol. The quantitative estimate of drug-likeness (QED) is 0.820. The molecule has 1 heteroatoms. The Morgan fingerprint density at radius 2 is 1.68 bits per heavy atom. The third-order valence-electron chi connectivity index (χ3n) is 4.73. The van der Waals surface area contributed by atoms with Crippen LogP contribution < -0.4 is 0 Å². The van der Waals surface area contributed by atoms with E-state index in [9.17, 15) is 5.11 Å². The Hall–Kier alpha value is -1.86. The number of aliphatic hydroxyl groups is 1. The number of benzene rings is 2. The molecule has 0 aromatic heterocycles. The lowest BCUT2D eigenvalue weighted by atomic mass is 9.88. The van der Waals surface area contributed by atoms with Gasteiger partial charge in [-0.05, 0) is 54.5 Å². The summed E-state index contributed by atoms with van der Waals surface area (Å²) in [6, 6.07) is 16.9. The second-order valence-electron chi connectivity index (χ2n) is 6.44. The molecule has 0 spiro atoms. The Kier molecular flexibility index (Phi) is 3.92. The number of hydrogen-bond donors (Lipinski definition) is 1. The van der Waals surface area contributed by atoms with Crippen molar-refractivity contribution in [3.8, 4) is 0 Å². The van der Waals surface area contributed by atoms with Gasteiger partial charge in [0.1, 0.15) is 5.60 Å². The van der Waals surface area contributed by atoms with Crippen LogP contribution in [0, 0.1) is 6.92 Å². The van der Waals surface area contributed by atoms with Crippen LogP contribution in [0.3, 0.4) is 0 Å². The van der Waals surface area contributed by atoms with E-state index in [1.807, 2.05) is 13.0 Å². The molecule has 0 saturated carbocycles. The van der Waals surface area contributed by atoms with Crippen molar-refractivity contribution in [3.05, 3.63) is 76.4 Å². The number of fused-ring (bicyclic) bond motifs is 1. The van der Waals surface area contributed by atoms with Crippen molar-refractivity contribution in [2.24, 2.45) is 0 Å². The summed E-state index contributed by atoms with van der Waals surface area (Å²) in [5.74, 6) is 0. The van der Waals surface area contributed by atoms with Crippen LogP contribution in [0.1, 0.15) is 55.4 Å². The molecule has 1 unspecified atom stereocenters. The van der Waals surface area contributed by atoms with Crippen molar-refractivity contribution in [1.82, 2.24) is 0 Å². The van der Waals surface area contributed by atoms with E-state index in [2.05, 4.69) is 56.3 Å². The van der Waals surface area contributed by atoms with Gasteiger partial charge in [-0.25, -0.2) is 0 Å². The number of rotatable bonds is 4. The van der Waals surface area contributed by atoms with Crippen molar-refractivity contribution in [1.29, 1.82) is 0 Å². The summed E-state index contributed by atoms with van der Waals surface area (Å²) < 4.78 is 0. The molecular formula is C21H24O. The molecule has 0 aliphatic heterocycles. The van der Waals surface area contributed by atoms with Gasteiger partial charge < -0.3 is 5.11 Å². The molecular weight excluding hydrogens is 268 g/mol. The number of unbranched alkanes of at least 4 members (excludes halogenated alkanes) is 1. The summed E-state index contributed by atoms with van der Waals surface area (Å²) in [6.45, 7) is 6.25. The lowest BCUT2D eigenvalue weighted by Gasteiger charge is -2.23. The van der Waals surface area contributed by atoms with E-state index >= 15 is 0 Å². The Morgan fingerprint density at radius 1 is 1.00 bits per heavy atom. The average Bonchev–Trinajstić information content (AvgIpc) is 2.74. The highest BCUT2D eigenvalue weighted by Crippen LogP contribution is 2.48. The molecule has 0 saturated heterocycles. The molecule has 22 heavy (non-hydrogen) atoms. The Balaban J connectivity index is 2.20. The summed E-state index contributed by atoms with van der Waals surface area (Å²) in [6.07, 6.45) is 3.19. The van der Waals surface area contributed by atoms with Gasteiger partial charge in [0.15, 0.2) is 0 Å². The highest BCUT2D eigenvalue weighted by molar-refractivity contribution is 5.89. The fourth-order valence-electron chi connectivity index (χ4n) is 3.47. The zero-order chi connectivity index (χ0) is 15.7. The van der Waals surface area contributed by atoms with Crippen LogP contribution in [-0.4, -0.2) is 5.11 Å². The average molecular weight is 292 g/mol. The largest absolute Gasteiger partial charge is 0.381 e. The molecule has 1 aliphatic carbocycles. The summed E-state index contributed by atoms with van der Waals surface area (Å²) in [5.41, 5.74) is 6.23. The SMILES string of the molecule is CCCCC1=C(c2ccc(C)cc2)c2ccccc2C1(C)O. The summed E-state index contributed by atoms with van der Waals surface area (Å²) in [5, 5.41) is 11.2. The predicted octanol–water partition coefficient (Wildman–Crippen LogP) is 5.21. The third-order valence-corrected chi connectivity index (χ3v) is 4.73. The number of aryl methyl sites for hydroxylation is 1. The van der Waals surface area contributed by atoms with Gasteiger partial charge in [-0.2, -0.15) is 0 Å². The lowest BCUT2D eigenvalue weighted by Crippen LogP contribution is -2.21. The minimum Gasteiger partial charge on any atom is -0.381 e. The van der Waals surface area contributed by atoms with E-state index < -0.39 is 5.60 Å². The third kappa shape index (κ3) is 2.40. The molecule has 0 heterocycles. The van der Waals surface area contributed by atoms with Crippen molar-refractivity contribution in [2.45, 2.75) is 45.6 Å². The number of hydrogen-bond acceptors (Lipinski definition) is 1. The molecule has 0 amide bonds. The minimum atomic E-state index is -0.855. The van der Waals surface area contributed by atoms with Crippen LogP contribution in [0.25, 0.3) is 5.57 Å². The molecule has 0 radical (unpaired) electrons. The van der Waals surface area contributed by atoms with Gasteiger partial charge in [-0.1, -0.05) is 67.4 Å². The Labute approximate surface area is 133 Å². The predicted molar refractivity (Wildman–Crippen MR) is 92.7 cm³/mol. The second kappa shape index (κ2) is 5.73. The summed E-state index contributed by atoms with van der Waals surface area (Å²) >= 11 is 0. The van der Waals surface area contributed by atoms with Crippen LogP contribution in [-0.2, 0) is 5.60 Å². The highest BCUT2D eigenvalue weighted by atomic mass is 16.3. The van der Waals surface area contributed by atoms with E-state index in [1.165, 1.54) is 27.8 Å². The van der Waals surface area contributed by atoms with Gasteiger partial charge in [0.2, 0.25) is 0 Å². The maximum Gasteiger partial charge on any atom is 0.109 e. The van der Waals surface area contributed by atoms with Crippen LogP contribution in [0.5, 0.6) is 0 Å². The normalized spacial score (nSPS) is 20.4. The maximum atomic E-state index is 11.2. The molecule has 0 fully saturated rings. The molecule has 1 N–H and O–H groups in total. The zero-order valence-corrected chi connectivity index (χ0v) is 13.7. The van der Waals surface area contributed by atoms with E-state index in [1.54, 1.807) is 0 Å². The molecule has 0 bridgehead atoms. The van der Waals surface area contributed by atoms with Gasteiger partial charge in [0.05, 0.1) is 0 Å². The molecule has 3 rings (SSSR count). The van der Waals surface area contributed by atoms with Gasteiger partial charge in [0.25, 0.3) is 0 Å². The van der Waals surface area contributed by atoms with Crippen LogP contribution in [0.2, 0.25) is 0 Å². The van der Waals surface area contributed by atoms with E-state index in [0.29, 0.717) is 0 Å². The smallest absolute Gasteiger partial charge is 0.109 e. The van der Waals surface area contributed by atoms with Gasteiger partial charge >= 0.3 is 0 Å². The first-order valence-electron chi connectivity index (χ1n) is 8.18. The maximum absolute atomic E-state index is 11.2. The first kappa shape index (κ1) is 15.1. The molecule has 1 nitrogen and oxygen atoms in total.